The van der Waals surface area contributed by atoms with Gasteiger partial charge in [0.15, 0.2) is 0 Å². The minimum Gasteiger partial charge on any atom is -0.490 e. The van der Waals surface area contributed by atoms with Gasteiger partial charge in [-0.15, -0.1) is 0 Å². The molecule has 0 amide bonds. The summed E-state index contributed by atoms with van der Waals surface area (Å²) in [5.74, 6) is 1.61. The summed E-state index contributed by atoms with van der Waals surface area (Å²) in [6, 6.07) is 7.51. The van der Waals surface area contributed by atoms with Gasteiger partial charge in [-0.3, -0.25) is 0 Å². The molecule has 0 spiro atoms. The van der Waals surface area contributed by atoms with Crippen molar-refractivity contribution in [3.05, 3.63) is 29.3 Å². The third-order valence-electron chi connectivity index (χ3n) is 3.75. The molecule has 0 radical (unpaired) electrons. The fourth-order valence-electron chi connectivity index (χ4n) is 2.35. The number of hydrogen-bond donors (Lipinski definition) is 0. The van der Waals surface area contributed by atoms with Crippen molar-refractivity contribution in [2.45, 2.75) is 19.8 Å². The summed E-state index contributed by atoms with van der Waals surface area (Å²) < 4.78 is 11.2. The first-order valence-electron chi connectivity index (χ1n) is 7.43. The Labute approximate surface area is 126 Å². The van der Waals surface area contributed by atoms with Crippen LogP contribution in [-0.2, 0) is 4.74 Å². The average molecular weight is 298 g/mol. The first-order chi connectivity index (χ1) is 9.75. The van der Waals surface area contributed by atoms with E-state index in [0.717, 1.165) is 24.8 Å². The maximum Gasteiger partial charge on any atom is 0.138 e. The van der Waals surface area contributed by atoms with Crippen molar-refractivity contribution >= 4 is 11.6 Å². The molecule has 0 N–H and O–H groups in total. The van der Waals surface area contributed by atoms with E-state index in [1.807, 2.05) is 24.3 Å². The van der Waals surface area contributed by atoms with E-state index in [2.05, 4.69) is 11.8 Å². The van der Waals surface area contributed by atoms with Crippen molar-refractivity contribution in [1.29, 1.82) is 0 Å². The number of para-hydroxylation sites is 1. The molecule has 20 heavy (non-hydrogen) atoms. The van der Waals surface area contributed by atoms with Crippen LogP contribution in [0.3, 0.4) is 0 Å². The highest BCUT2D eigenvalue weighted by Crippen LogP contribution is 2.22. The number of rotatable bonds is 7. The lowest BCUT2D eigenvalue weighted by molar-refractivity contribution is 0.0709. The molecular formula is C16H24ClNO2. The van der Waals surface area contributed by atoms with E-state index < -0.39 is 0 Å². The summed E-state index contributed by atoms with van der Waals surface area (Å²) in [7, 11) is 0. The Hall–Kier alpha value is -0.770. The Morgan fingerprint density at radius 3 is 2.65 bits per heavy atom. The van der Waals surface area contributed by atoms with Crippen LogP contribution < -0.4 is 4.74 Å². The number of benzene rings is 1. The second-order valence-electron chi connectivity index (χ2n) is 5.42. The SMILES string of the molecule is CC1CCN(CCOCCOc2ccccc2Cl)CC1. The van der Waals surface area contributed by atoms with Gasteiger partial charge in [0.25, 0.3) is 0 Å². The number of nitrogens with zero attached hydrogens (tertiary/aromatic N) is 1. The van der Waals surface area contributed by atoms with Gasteiger partial charge >= 0.3 is 0 Å². The number of likely N-dealkylation sites (tertiary alicyclic amines) is 1. The Morgan fingerprint density at radius 1 is 1.15 bits per heavy atom. The van der Waals surface area contributed by atoms with Crippen LogP contribution in [0.25, 0.3) is 0 Å². The molecule has 0 atom stereocenters. The molecule has 2 rings (SSSR count). The zero-order valence-electron chi connectivity index (χ0n) is 12.2. The summed E-state index contributed by atoms with van der Waals surface area (Å²) in [6.07, 6.45) is 2.63. The highest BCUT2D eigenvalue weighted by atomic mass is 35.5. The Morgan fingerprint density at radius 2 is 1.90 bits per heavy atom. The molecule has 1 saturated heterocycles. The molecule has 0 bridgehead atoms. The quantitative estimate of drug-likeness (QED) is 0.719. The smallest absolute Gasteiger partial charge is 0.138 e. The Bertz CT molecular complexity index is 392. The van der Waals surface area contributed by atoms with Crippen molar-refractivity contribution in [2.24, 2.45) is 5.92 Å². The number of piperidine rings is 1. The van der Waals surface area contributed by atoms with E-state index in [0.29, 0.717) is 18.2 Å². The highest BCUT2D eigenvalue weighted by Gasteiger charge is 2.14. The molecule has 1 aliphatic rings. The molecule has 0 aliphatic carbocycles. The van der Waals surface area contributed by atoms with Gasteiger partial charge in [0, 0.05) is 6.54 Å². The average Bonchev–Trinajstić information content (AvgIpc) is 2.46. The maximum atomic E-state index is 6.01. The Kier molecular flexibility index (Phi) is 6.64. The molecule has 1 aromatic carbocycles. The minimum absolute atomic E-state index is 0.542. The summed E-state index contributed by atoms with van der Waals surface area (Å²) in [6.45, 7) is 7.70. The Balaban J connectivity index is 1.51. The van der Waals surface area contributed by atoms with Crippen molar-refractivity contribution in [2.75, 3.05) is 39.5 Å². The fourth-order valence-corrected chi connectivity index (χ4v) is 2.54. The van der Waals surface area contributed by atoms with Gasteiger partial charge in [-0.2, -0.15) is 0 Å². The van der Waals surface area contributed by atoms with Gasteiger partial charge in [0.1, 0.15) is 12.4 Å². The van der Waals surface area contributed by atoms with Crippen LogP contribution in [0.5, 0.6) is 5.75 Å². The van der Waals surface area contributed by atoms with Gasteiger partial charge in [0.2, 0.25) is 0 Å². The van der Waals surface area contributed by atoms with Crippen LogP contribution in [0, 0.1) is 5.92 Å². The van der Waals surface area contributed by atoms with Crippen molar-refractivity contribution in [3.8, 4) is 5.75 Å². The number of hydrogen-bond acceptors (Lipinski definition) is 3. The molecule has 4 heteroatoms. The molecule has 0 unspecified atom stereocenters. The second kappa shape index (κ2) is 8.50. The van der Waals surface area contributed by atoms with Gasteiger partial charge in [0.05, 0.1) is 18.2 Å². The standard InChI is InChI=1S/C16H24ClNO2/c1-14-6-8-18(9-7-14)10-11-19-12-13-20-16-5-3-2-4-15(16)17/h2-5,14H,6-13H2,1H3. The lowest BCUT2D eigenvalue weighted by atomic mass is 9.99. The minimum atomic E-state index is 0.542. The van der Waals surface area contributed by atoms with Gasteiger partial charge < -0.3 is 14.4 Å². The first-order valence-corrected chi connectivity index (χ1v) is 7.81. The van der Waals surface area contributed by atoms with Crippen molar-refractivity contribution in [3.63, 3.8) is 0 Å². The molecule has 3 nitrogen and oxygen atoms in total. The monoisotopic (exact) mass is 297 g/mol. The first kappa shape index (κ1) is 15.6. The number of ether oxygens (including phenoxy) is 2. The van der Waals surface area contributed by atoms with Crippen LogP contribution in [0.15, 0.2) is 24.3 Å². The van der Waals surface area contributed by atoms with Crippen LogP contribution in [0.2, 0.25) is 5.02 Å². The van der Waals surface area contributed by atoms with E-state index >= 15 is 0 Å². The van der Waals surface area contributed by atoms with Crippen molar-refractivity contribution in [1.82, 2.24) is 4.90 Å². The summed E-state index contributed by atoms with van der Waals surface area (Å²) in [4.78, 5) is 2.48. The fraction of sp³-hybridized carbons (Fsp3) is 0.625. The summed E-state index contributed by atoms with van der Waals surface area (Å²) >= 11 is 6.01. The van der Waals surface area contributed by atoms with E-state index in [1.165, 1.54) is 25.9 Å². The molecule has 0 saturated carbocycles. The van der Waals surface area contributed by atoms with Gasteiger partial charge in [-0.05, 0) is 44.0 Å². The predicted octanol–water partition coefficient (Wildman–Crippen LogP) is 3.47. The third kappa shape index (κ3) is 5.31. The second-order valence-corrected chi connectivity index (χ2v) is 5.82. The zero-order chi connectivity index (χ0) is 14.2. The molecule has 1 heterocycles. The zero-order valence-corrected chi connectivity index (χ0v) is 12.9. The van der Waals surface area contributed by atoms with Crippen LogP contribution in [0.4, 0.5) is 0 Å². The predicted molar refractivity (Wildman–Crippen MR) is 82.6 cm³/mol. The van der Waals surface area contributed by atoms with Crippen LogP contribution in [-0.4, -0.2) is 44.4 Å². The number of halogens is 1. The largest absolute Gasteiger partial charge is 0.490 e. The molecular weight excluding hydrogens is 274 g/mol. The van der Waals surface area contributed by atoms with Crippen molar-refractivity contribution < 1.29 is 9.47 Å². The topological polar surface area (TPSA) is 21.7 Å². The van der Waals surface area contributed by atoms with Crippen LogP contribution >= 0.6 is 11.6 Å². The molecule has 1 aromatic rings. The lowest BCUT2D eigenvalue weighted by Crippen LogP contribution is -2.35. The molecule has 0 aromatic heterocycles. The van der Waals surface area contributed by atoms with E-state index in [-0.39, 0.29) is 0 Å². The normalized spacial score (nSPS) is 17.3. The van der Waals surface area contributed by atoms with Gasteiger partial charge in [-0.25, -0.2) is 0 Å². The summed E-state index contributed by atoms with van der Waals surface area (Å²) in [5.41, 5.74) is 0. The molecule has 112 valence electrons. The van der Waals surface area contributed by atoms with E-state index in [1.54, 1.807) is 0 Å². The highest BCUT2D eigenvalue weighted by molar-refractivity contribution is 6.32. The summed E-state index contributed by atoms with van der Waals surface area (Å²) in [5, 5.41) is 0.648. The lowest BCUT2D eigenvalue weighted by Gasteiger charge is -2.29. The van der Waals surface area contributed by atoms with E-state index in [9.17, 15) is 0 Å². The molecule has 1 aliphatic heterocycles. The van der Waals surface area contributed by atoms with Crippen LogP contribution in [0.1, 0.15) is 19.8 Å². The van der Waals surface area contributed by atoms with Gasteiger partial charge in [-0.1, -0.05) is 30.7 Å². The third-order valence-corrected chi connectivity index (χ3v) is 4.06. The maximum absolute atomic E-state index is 6.01. The molecule has 1 fully saturated rings. The van der Waals surface area contributed by atoms with E-state index in [4.69, 9.17) is 21.1 Å².